The van der Waals surface area contributed by atoms with Crippen molar-refractivity contribution in [2.75, 3.05) is 6.54 Å². The van der Waals surface area contributed by atoms with Gasteiger partial charge in [0.2, 0.25) is 0 Å². The molecule has 1 heterocycles. The molecule has 1 fully saturated rings. The molecule has 1 amide bonds. The van der Waals surface area contributed by atoms with Gasteiger partial charge in [0.25, 0.3) is 0 Å². The van der Waals surface area contributed by atoms with Crippen molar-refractivity contribution in [2.45, 2.75) is 51.3 Å². The Morgan fingerprint density at radius 2 is 1.92 bits per heavy atom. The van der Waals surface area contributed by atoms with Crippen LogP contribution in [0.15, 0.2) is 30.3 Å². The zero-order valence-corrected chi connectivity index (χ0v) is 13.9. The SMILES string of the molecule is CC(C)(C)OC(=O)N1CC(O)C(F)C1C(=O)OCc1ccccc1. The lowest BCUT2D eigenvalue weighted by Gasteiger charge is -2.27. The number of nitrogens with zero attached hydrogens (tertiary/aromatic N) is 1. The molecule has 132 valence electrons. The summed E-state index contributed by atoms with van der Waals surface area (Å²) in [6.07, 6.45) is -4.23. The van der Waals surface area contributed by atoms with Crippen LogP contribution >= 0.6 is 0 Å². The lowest BCUT2D eigenvalue weighted by Crippen LogP contribution is -2.46. The Labute approximate surface area is 140 Å². The fraction of sp³-hybridized carbons (Fsp3) is 0.529. The van der Waals surface area contributed by atoms with Crippen molar-refractivity contribution in [2.24, 2.45) is 0 Å². The van der Waals surface area contributed by atoms with Gasteiger partial charge in [-0.25, -0.2) is 14.0 Å². The van der Waals surface area contributed by atoms with Crippen LogP contribution in [0, 0.1) is 0 Å². The summed E-state index contributed by atoms with van der Waals surface area (Å²) >= 11 is 0. The molecule has 0 aromatic heterocycles. The van der Waals surface area contributed by atoms with Gasteiger partial charge in [-0.05, 0) is 26.3 Å². The van der Waals surface area contributed by atoms with E-state index in [-0.39, 0.29) is 13.2 Å². The minimum Gasteiger partial charge on any atom is -0.459 e. The summed E-state index contributed by atoms with van der Waals surface area (Å²) in [6.45, 7) is 4.62. The molecule has 7 heteroatoms. The number of carbonyl (C=O) groups excluding carboxylic acids is 2. The molecule has 1 aromatic carbocycles. The van der Waals surface area contributed by atoms with E-state index in [1.54, 1.807) is 45.0 Å². The average molecular weight is 339 g/mol. The third-order valence-corrected chi connectivity index (χ3v) is 3.48. The summed E-state index contributed by atoms with van der Waals surface area (Å²) in [6, 6.07) is 7.39. The fourth-order valence-electron chi connectivity index (χ4n) is 2.38. The van der Waals surface area contributed by atoms with Gasteiger partial charge < -0.3 is 14.6 Å². The van der Waals surface area contributed by atoms with E-state index < -0.39 is 36.0 Å². The molecular formula is C17H22FNO5. The van der Waals surface area contributed by atoms with E-state index in [1.165, 1.54) is 0 Å². The number of esters is 1. The molecule has 3 unspecified atom stereocenters. The maximum Gasteiger partial charge on any atom is 0.411 e. The molecule has 1 aliphatic heterocycles. The molecule has 0 saturated carbocycles. The molecule has 3 atom stereocenters. The third kappa shape index (κ3) is 4.44. The number of hydrogen-bond donors (Lipinski definition) is 1. The van der Waals surface area contributed by atoms with Gasteiger partial charge in [0.05, 0.1) is 6.54 Å². The molecule has 2 rings (SSSR count). The highest BCUT2D eigenvalue weighted by Crippen LogP contribution is 2.25. The first-order chi connectivity index (χ1) is 11.2. The van der Waals surface area contributed by atoms with Gasteiger partial charge in [-0.1, -0.05) is 30.3 Å². The summed E-state index contributed by atoms with van der Waals surface area (Å²) in [7, 11) is 0. The number of carbonyl (C=O) groups is 2. The maximum absolute atomic E-state index is 14.2. The van der Waals surface area contributed by atoms with Crippen molar-refractivity contribution in [1.82, 2.24) is 4.90 Å². The topological polar surface area (TPSA) is 76.1 Å². The van der Waals surface area contributed by atoms with E-state index in [0.29, 0.717) is 0 Å². The Morgan fingerprint density at radius 1 is 1.29 bits per heavy atom. The number of amides is 1. The number of aliphatic hydroxyl groups is 1. The van der Waals surface area contributed by atoms with Gasteiger partial charge in [0.1, 0.15) is 18.3 Å². The number of likely N-dealkylation sites (tertiary alicyclic amines) is 1. The van der Waals surface area contributed by atoms with Crippen molar-refractivity contribution < 1.29 is 28.6 Å². The van der Waals surface area contributed by atoms with Crippen molar-refractivity contribution in [3.8, 4) is 0 Å². The fourth-order valence-corrected chi connectivity index (χ4v) is 2.38. The van der Waals surface area contributed by atoms with Gasteiger partial charge in [0, 0.05) is 0 Å². The minimum atomic E-state index is -1.92. The summed E-state index contributed by atoms with van der Waals surface area (Å²) in [5, 5.41) is 9.69. The summed E-state index contributed by atoms with van der Waals surface area (Å²) in [5.41, 5.74) is -0.0572. The van der Waals surface area contributed by atoms with Gasteiger partial charge in [-0.3, -0.25) is 4.90 Å². The Morgan fingerprint density at radius 3 is 2.50 bits per heavy atom. The molecule has 24 heavy (non-hydrogen) atoms. The van der Waals surface area contributed by atoms with E-state index in [9.17, 15) is 19.1 Å². The molecule has 1 aromatic rings. The molecule has 1 aliphatic rings. The van der Waals surface area contributed by atoms with Crippen LogP contribution in [0.25, 0.3) is 0 Å². The Kier molecular flexibility index (Phi) is 5.43. The molecule has 0 bridgehead atoms. The molecule has 0 aliphatic carbocycles. The zero-order chi connectivity index (χ0) is 17.9. The van der Waals surface area contributed by atoms with Crippen LogP contribution in [-0.2, 0) is 20.9 Å². The van der Waals surface area contributed by atoms with Gasteiger partial charge in [0.15, 0.2) is 12.2 Å². The van der Waals surface area contributed by atoms with E-state index in [4.69, 9.17) is 9.47 Å². The second-order valence-corrected chi connectivity index (χ2v) is 6.68. The van der Waals surface area contributed by atoms with Crippen LogP contribution in [0.5, 0.6) is 0 Å². The van der Waals surface area contributed by atoms with Crippen LogP contribution in [0.3, 0.4) is 0 Å². The smallest absolute Gasteiger partial charge is 0.411 e. The van der Waals surface area contributed by atoms with Crippen molar-refractivity contribution in [3.05, 3.63) is 35.9 Å². The number of benzene rings is 1. The highest BCUT2D eigenvalue weighted by molar-refractivity contribution is 5.83. The highest BCUT2D eigenvalue weighted by Gasteiger charge is 2.50. The van der Waals surface area contributed by atoms with Crippen molar-refractivity contribution in [3.63, 3.8) is 0 Å². The second kappa shape index (κ2) is 7.17. The van der Waals surface area contributed by atoms with E-state index >= 15 is 0 Å². The Hall–Kier alpha value is -2.15. The van der Waals surface area contributed by atoms with Crippen LogP contribution in [0.1, 0.15) is 26.3 Å². The largest absolute Gasteiger partial charge is 0.459 e. The van der Waals surface area contributed by atoms with Gasteiger partial charge in [-0.2, -0.15) is 0 Å². The first kappa shape index (κ1) is 18.2. The van der Waals surface area contributed by atoms with E-state index in [2.05, 4.69) is 0 Å². The van der Waals surface area contributed by atoms with Crippen LogP contribution in [-0.4, -0.2) is 52.5 Å². The second-order valence-electron chi connectivity index (χ2n) is 6.68. The standard InChI is InChI=1S/C17H22FNO5/c1-17(2,3)24-16(22)19-9-12(20)13(18)14(19)15(21)23-10-11-7-5-4-6-8-11/h4-8,12-14,20H,9-10H2,1-3H3. The molecule has 1 N–H and O–H groups in total. The number of β-amino-alcohol motifs (C(OH)–C–C–N with tert-alkyl or cyclic N) is 1. The number of alkyl halides is 1. The number of aliphatic hydroxyl groups excluding tert-OH is 1. The normalized spacial score (nSPS) is 23.9. The summed E-state index contributed by atoms with van der Waals surface area (Å²) in [4.78, 5) is 25.3. The van der Waals surface area contributed by atoms with Crippen molar-refractivity contribution >= 4 is 12.1 Å². The van der Waals surface area contributed by atoms with Crippen molar-refractivity contribution in [1.29, 1.82) is 0 Å². The number of rotatable bonds is 3. The summed E-state index contributed by atoms with van der Waals surface area (Å²) in [5.74, 6) is -0.909. The minimum absolute atomic E-state index is 0.0405. The molecule has 6 nitrogen and oxygen atoms in total. The van der Waals surface area contributed by atoms with Crippen LogP contribution in [0.4, 0.5) is 9.18 Å². The molecule has 0 spiro atoms. The molecule has 1 saturated heterocycles. The third-order valence-electron chi connectivity index (χ3n) is 3.48. The maximum atomic E-state index is 14.2. The molecule has 0 radical (unpaired) electrons. The van der Waals surface area contributed by atoms with Crippen LogP contribution in [0.2, 0.25) is 0 Å². The Bertz CT molecular complexity index is 586. The highest BCUT2D eigenvalue weighted by atomic mass is 19.1. The number of hydrogen-bond acceptors (Lipinski definition) is 5. The zero-order valence-electron chi connectivity index (χ0n) is 13.9. The van der Waals surface area contributed by atoms with Crippen LogP contribution < -0.4 is 0 Å². The summed E-state index contributed by atoms with van der Waals surface area (Å²) < 4.78 is 24.5. The number of ether oxygens (including phenoxy) is 2. The van der Waals surface area contributed by atoms with Gasteiger partial charge >= 0.3 is 12.1 Å². The lowest BCUT2D eigenvalue weighted by atomic mass is 10.1. The predicted octanol–water partition coefficient (Wildman–Crippen LogP) is 2.05. The average Bonchev–Trinajstić information content (AvgIpc) is 2.80. The first-order valence-corrected chi connectivity index (χ1v) is 7.71. The lowest BCUT2D eigenvalue weighted by molar-refractivity contribution is -0.152. The van der Waals surface area contributed by atoms with E-state index in [1.807, 2.05) is 6.07 Å². The first-order valence-electron chi connectivity index (χ1n) is 7.71. The predicted molar refractivity (Wildman–Crippen MR) is 83.9 cm³/mol. The van der Waals surface area contributed by atoms with Gasteiger partial charge in [-0.15, -0.1) is 0 Å². The van der Waals surface area contributed by atoms with E-state index in [0.717, 1.165) is 10.5 Å². The number of halogens is 1. The molecular weight excluding hydrogens is 317 g/mol. The quantitative estimate of drug-likeness (QED) is 0.853. The monoisotopic (exact) mass is 339 g/mol. The Balaban J connectivity index is 2.06.